The molecule has 3 rings (SSSR count). The van der Waals surface area contributed by atoms with E-state index in [0.717, 1.165) is 29.3 Å². The average molecular weight is 286 g/mol. The summed E-state index contributed by atoms with van der Waals surface area (Å²) in [6, 6.07) is 10.6. The number of carbonyl (C=O) groups excluding carboxylic acids is 1. The molecule has 1 amide bonds. The fraction of sp³-hybridized carbons (Fsp3) is 0.133. The van der Waals surface area contributed by atoms with Gasteiger partial charge in [-0.15, -0.1) is 0 Å². The lowest BCUT2D eigenvalue weighted by Gasteiger charge is -2.15. The summed E-state index contributed by atoms with van der Waals surface area (Å²) in [5.74, 6) is -1.28. The fourth-order valence-electron chi connectivity index (χ4n) is 2.44. The van der Waals surface area contributed by atoms with Gasteiger partial charge in [0, 0.05) is 25.2 Å². The Labute approximate surface area is 119 Å². The molecule has 0 radical (unpaired) electrons. The molecule has 106 valence electrons. The van der Waals surface area contributed by atoms with Crippen LogP contribution in [0.1, 0.15) is 21.5 Å². The van der Waals surface area contributed by atoms with Gasteiger partial charge >= 0.3 is 0 Å². The van der Waals surface area contributed by atoms with Gasteiger partial charge in [0.1, 0.15) is 5.82 Å². The maximum atomic E-state index is 13.8. The van der Waals surface area contributed by atoms with E-state index in [-0.39, 0.29) is 11.3 Å². The van der Waals surface area contributed by atoms with Gasteiger partial charge in [0.15, 0.2) is 0 Å². The van der Waals surface area contributed by atoms with Crippen molar-refractivity contribution in [3.63, 3.8) is 0 Å². The van der Waals surface area contributed by atoms with Gasteiger partial charge in [-0.1, -0.05) is 24.3 Å². The minimum absolute atomic E-state index is 0.267. The van der Waals surface area contributed by atoms with E-state index in [2.05, 4.69) is 0 Å². The zero-order valence-corrected chi connectivity index (χ0v) is 11.0. The summed E-state index contributed by atoms with van der Waals surface area (Å²) in [4.78, 5) is 24.0. The third-order valence-corrected chi connectivity index (χ3v) is 3.52. The lowest BCUT2D eigenvalue weighted by Crippen LogP contribution is -2.26. The van der Waals surface area contributed by atoms with Gasteiger partial charge in [-0.3, -0.25) is 14.9 Å². The number of non-ortho nitro benzene ring substituents is 1. The van der Waals surface area contributed by atoms with Crippen LogP contribution in [0.4, 0.5) is 10.1 Å². The topological polar surface area (TPSA) is 63.4 Å². The molecule has 2 aromatic rings. The SMILES string of the molecule is O=C(c1cc([N+](=O)[O-])ccc1F)N1Cc2ccccc2C1. The van der Waals surface area contributed by atoms with Crippen molar-refractivity contribution in [1.82, 2.24) is 4.90 Å². The fourth-order valence-corrected chi connectivity index (χ4v) is 2.44. The van der Waals surface area contributed by atoms with Crippen molar-refractivity contribution in [1.29, 1.82) is 0 Å². The van der Waals surface area contributed by atoms with E-state index >= 15 is 0 Å². The Balaban J connectivity index is 1.90. The number of carbonyl (C=O) groups is 1. The van der Waals surface area contributed by atoms with E-state index in [9.17, 15) is 19.3 Å². The first-order valence-electron chi connectivity index (χ1n) is 6.36. The summed E-state index contributed by atoms with van der Waals surface area (Å²) < 4.78 is 13.8. The van der Waals surface area contributed by atoms with Crippen molar-refractivity contribution in [3.8, 4) is 0 Å². The Morgan fingerprint density at radius 3 is 2.33 bits per heavy atom. The highest BCUT2D eigenvalue weighted by Crippen LogP contribution is 2.26. The van der Waals surface area contributed by atoms with Crippen LogP contribution >= 0.6 is 0 Å². The van der Waals surface area contributed by atoms with E-state index in [0.29, 0.717) is 13.1 Å². The number of halogens is 1. The number of nitrogens with zero attached hydrogens (tertiary/aromatic N) is 2. The summed E-state index contributed by atoms with van der Waals surface area (Å²) in [5, 5.41) is 10.7. The van der Waals surface area contributed by atoms with Gasteiger partial charge in [-0.05, 0) is 17.2 Å². The van der Waals surface area contributed by atoms with Gasteiger partial charge in [0.2, 0.25) is 0 Å². The van der Waals surface area contributed by atoms with Crippen LogP contribution in [-0.2, 0) is 13.1 Å². The number of nitro benzene ring substituents is 1. The quantitative estimate of drug-likeness (QED) is 0.630. The van der Waals surface area contributed by atoms with Gasteiger partial charge in [0.25, 0.3) is 11.6 Å². The highest BCUT2D eigenvalue weighted by molar-refractivity contribution is 5.95. The van der Waals surface area contributed by atoms with Crippen LogP contribution < -0.4 is 0 Å². The number of nitro groups is 1. The minimum Gasteiger partial charge on any atom is -0.330 e. The largest absolute Gasteiger partial charge is 0.330 e. The molecule has 0 saturated heterocycles. The molecule has 1 heterocycles. The highest BCUT2D eigenvalue weighted by atomic mass is 19.1. The molecule has 0 atom stereocenters. The Morgan fingerprint density at radius 2 is 1.76 bits per heavy atom. The minimum atomic E-state index is -0.749. The molecule has 0 spiro atoms. The third kappa shape index (κ3) is 2.35. The zero-order valence-electron chi connectivity index (χ0n) is 11.0. The van der Waals surface area contributed by atoms with Crippen molar-refractivity contribution in [2.75, 3.05) is 0 Å². The predicted molar refractivity (Wildman–Crippen MR) is 73.1 cm³/mol. The highest BCUT2D eigenvalue weighted by Gasteiger charge is 2.27. The molecule has 5 nitrogen and oxygen atoms in total. The molecular weight excluding hydrogens is 275 g/mol. The molecule has 0 saturated carbocycles. The lowest BCUT2D eigenvalue weighted by atomic mass is 10.1. The lowest BCUT2D eigenvalue weighted by molar-refractivity contribution is -0.384. The second-order valence-electron chi connectivity index (χ2n) is 4.85. The molecule has 0 aromatic heterocycles. The van der Waals surface area contributed by atoms with E-state index in [1.165, 1.54) is 4.90 Å². The summed E-state index contributed by atoms with van der Waals surface area (Å²) in [5.41, 5.74) is 1.46. The Morgan fingerprint density at radius 1 is 1.14 bits per heavy atom. The molecule has 6 heteroatoms. The van der Waals surface area contributed by atoms with Gasteiger partial charge in [-0.25, -0.2) is 4.39 Å². The number of fused-ring (bicyclic) bond motifs is 1. The monoisotopic (exact) mass is 286 g/mol. The Kier molecular flexibility index (Phi) is 3.13. The molecule has 1 aliphatic heterocycles. The summed E-state index contributed by atoms with van der Waals surface area (Å²) in [7, 11) is 0. The van der Waals surface area contributed by atoms with Crippen molar-refractivity contribution < 1.29 is 14.1 Å². The molecule has 1 aliphatic rings. The van der Waals surface area contributed by atoms with E-state index < -0.39 is 16.6 Å². The van der Waals surface area contributed by atoms with E-state index in [1.807, 2.05) is 24.3 Å². The number of rotatable bonds is 2. The van der Waals surface area contributed by atoms with Crippen molar-refractivity contribution in [3.05, 3.63) is 75.1 Å². The normalized spacial score (nSPS) is 13.1. The number of hydrogen-bond donors (Lipinski definition) is 0. The molecule has 0 fully saturated rings. The molecule has 0 bridgehead atoms. The molecule has 21 heavy (non-hydrogen) atoms. The zero-order chi connectivity index (χ0) is 15.0. The van der Waals surface area contributed by atoms with Gasteiger partial charge < -0.3 is 4.90 Å². The first kappa shape index (κ1) is 13.2. The predicted octanol–water partition coefficient (Wildman–Crippen LogP) is 2.89. The number of hydrogen-bond acceptors (Lipinski definition) is 3. The van der Waals surface area contributed by atoms with Crippen LogP contribution in [0.25, 0.3) is 0 Å². The van der Waals surface area contributed by atoms with Crippen molar-refractivity contribution >= 4 is 11.6 Å². The average Bonchev–Trinajstić information content (AvgIpc) is 2.90. The summed E-state index contributed by atoms with van der Waals surface area (Å²) >= 11 is 0. The molecule has 0 N–H and O–H groups in total. The van der Waals surface area contributed by atoms with Crippen LogP contribution in [-0.4, -0.2) is 15.7 Å². The van der Waals surface area contributed by atoms with Crippen molar-refractivity contribution in [2.45, 2.75) is 13.1 Å². The Hall–Kier alpha value is -2.76. The standard InChI is InChI=1S/C15H11FN2O3/c16-14-6-5-12(18(20)21)7-13(14)15(19)17-8-10-3-1-2-4-11(10)9-17/h1-7H,8-9H2. The molecular formula is C15H11FN2O3. The maximum absolute atomic E-state index is 13.8. The summed E-state index contributed by atoms with van der Waals surface area (Å²) in [6.45, 7) is 0.772. The van der Waals surface area contributed by atoms with E-state index in [4.69, 9.17) is 0 Å². The summed E-state index contributed by atoms with van der Waals surface area (Å²) in [6.07, 6.45) is 0. The first-order chi connectivity index (χ1) is 10.1. The Bertz CT molecular complexity index is 720. The van der Waals surface area contributed by atoms with Crippen LogP contribution in [0.2, 0.25) is 0 Å². The number of amides is 1. The first-order valence-corrected chi connectivity index (χ1v) is 6.36. The molecule has 0 aliphatic carbocycles. The van der Waals surface area contributed by atoms with Crippen LogP contribution in [0, 0.1) is 15.9 Å². The number of benzene rings is 2. The third-order valence-electron chi connectivity index (χ3n) is 3.52. The van der Waals surface area contributed by atoms with Crippen LogP contribution in [0.15, 0.2) is 42.5 Å². The second-order valence-corrected chi connectivity index (χ2v) is 4.85. The van der Waals surface area contributed by atoms with Crippen LogP contribution in [0.3, 0.4) is 0 Å². The molecule has 2 aromatic carbocycles. The maximum Gasteiger partial charge on any atom is 0.270 e. The van der Waals surface area contributed by atoms with Gasteiger partial charge in [-0.2, -0.15) is 0 Å². The van der Waals surface area contributed by atoms with Gasteiger partial charge in [0.05, 0.1) is 10.5 Å². The second kappa shape index (κ2) is 4.97. The van der Waals surface area contributed by atoms with E-state index in [1.54, 1.807) is 0 Å². The molecule has 0 unspecified atom stereocenters. The van der Waals surface area contributed by atoms with Crippen molar-refractivity contribution in [2.24, 2.45) is 0 Å². The van der Waals surface area contributed by atoms with Crippen LogP contribution in [0.5, 0.6) is 0 Å². The smallest absolute Gasteiger partial charge is 0.270 e.